The van der Waals surface area contributed by atoms with Crippen LogP contribution in [0.5, 0.6) is 0 Å². The van der Waals surface area contributed by atoms with Crippen LogP contribution in [0.2, 0.25) is 0 Å². The summed E-state index contributed by atoms with van der Waals surface area (Å²) in [5.41, 5.74) is 4.08. The second-order valence-corrected chi connectivity index (χ2v) is 4.21. The molecule has 1 unspecified atom stereocenters. The molecule has 0 saturated heterocycles. The molecule has 2 aromatic heterocycles. The highest BCUT2D eigenvalue weighted by molar-refractivity contribution is 7.07. The Morgan fingerprint density at radius 2 is 2.38 bits per heavy atom. The average Bonchev–Trinajstić information content (AvgIpc) is 2.80. The Morgan fingerprint density at radius 1 is 1.50 bits per heavy atom. The van der Waals surface area contributed by atoms with Crippen LogP contribution in [0.15, 0.2) is 35.2 Å². The van der Waals surface area contributed by atoms with Gasteiger partial charge in [-0.2, -0.15) is 11.3 Å². The average molecular weight is 237 g/mol. The van der Waals surface area contributed by atoms with E-state index in [4.69, 9.17) is 5.84 Å². The van der Waals surface area contributed by atoms with Crippen molar-refractivity contribution < 1.29 is 4.39 Å². The van der Waals surface area contributed by atoms with E-state index in [2.05, 4.69) is 10.4 Å². The third kappa shape index (κ3) is 2.44. The minimum atomic E-state index is -0.333. The fourth-order valence-corrected chi connectivity index (χ4v) is 2.21. The van der Waals surface area contributed by atoms with Crippen molar-refractivity contribution in [3.8, 4) is 0 Å². The monoisotopic (exact) mass is 237 g/mol. The van der Waals surface area contributed by atoms with E-state index in [0.29, 0.717) is 12.1 Å². The van der Waals surface area contributed by atoms with Gasteiger partial charge in [-0.3, -0.25) is 16.3 Å². The molecule has 0 saturated carbocycles. The minimum absolute atomic E-state index is 0.296. The molecular formula is C11H12FN3S. The first-order chi connectivity index (χ1) is 7.81. The number of hydrogen-bond donors (Lipinski definition) is 2. The first kappa shape index (κ1) is 11.2. The van der Waals surface area contributed by atoms with Crippen LogP contribution < -0.4 is 11.3 Å². The predicted molar refractivity (Wildman–Crippen MR) is 62.3 cm³/mol. The highest BCUT2D eigenvalue weighted by Gasteiger charge is 2.16. The minimum Gasteiger partial charge on any atom is -0.271 e. The molecule has 0 aliphatic rings. The predicted octanol–water partition coefficient (Wildman–Crippen LogP) is 2.03. The van der Waals surface area contributed by atoms with E-state index in [-0.39, 0.29) is 11.9 Å². The molecule has 16 heavy (non-hydrogen) atoms. The summed E-state index contributed by atoms with van der Waals surface area (Å²) < 4.78 is 13.5. The van der Waals surface area contributed by atoms with E-state index in [1.165, 1.54) is 6.07 Å². The molecule has 5 heteroatoms. The standard InChI is InChI=1S/C11H12FN3S/c12-9-2-1-4-14-11(9)10(15-13)6-8-3-5-16-7-8/h1-5,7,10,15H,6,13H2. The molecule has 0 radical (unpaired) electrons. The number of thiophene rings is 1. The number of hydrazine groups is 1. The Labute approximate surface area is 97.1 Å². The number of nitrogens with two attached hydrogens (primary N) is 1. The topological polar surface area (TPSA) is 50.9 Å². The lowest BCUT2D eigenvalue weighted by Gasteiger charge is -2.14. The molecule has 3 N–H and O–H groups in total. The Bertz CT molecular complexity index is 444. The zero-order valence-electron chi connectivity index (χ0n) is 8.56. The van der Waals surface area contributed by atoms with Crippen LogP contribution in [-0.4, -0.2) is 4.98 Å². The van der Waals surface area contributed by atoms with Crippen LogP contribution in [0.3, 0.4) is 0 Å². The van der Waals surface area contributed by atoms with Gasteiger partial charge >= 0.3 is 0 Å². The number of aromatic nitrogens is 1. The van der Waals surface area contributed by atoms with Crippen molar-refractivity contribution in [2.45, 2.75) is 12.5 Å². The van der Waals surface area contributed by atoms with Crippen molar-refractivity contribution in [2.75, 3.05) is 0 Å². The number of rotatable bonds is 4. The van der Waals surface area contributed by atoms with Crippen LogP contribution in [0.25, 0.3) is 0 Å². The third-order valence-electron chi connectivity index (χ3n) is 2.34. The maximum Gasteiger partial charge on any atom is 0.146 e. The molecule has 0 aromatic carbocycles. The van der Waals surface area contributed by atoms with E-state index in [9.17, 15) is 4.39 Å². The summed E-state index contributed by atoms with van der Waals surface area (Å²) in [5.74, 6) is 5.10. The summed E-state index contributed by atoms with van der Waals surface area (Å²) in [4.78, 5) is 4.02. The zero-order valence-corrected chi connectivity index (χ0v) is 9.38. The van der Waals surface area contributed by atoms with Gasteiger partial charge in [0, 0.05) is 6.20 Å². The molecule has 0 fully saturated rings. The number of pyridine rings is 1. The number of nitrogens with one attached hydrogen (secondary N) is 1. The Hall–Kier alpha value is -1.30. The van der Waals surface area contributed by atoms with E-state index in [1.54, 1.807) is 23.6 Å². The fraction of sp³-hybridized carbons (Fsp3) is 0.182. The van der Waals surface area contributed by atoms with Crippen LogP contribution in [0.1, 0.15) is 17.3 Å². The number of nitrogens with zero attached hydrogens (tertiary/aromatic N) is 1. The Morgan fingerprint density at radius 3 is 3.00 bits per heavy atom. The van der Waals surface area contributed by atoms with Gasteiger partial charge in [-0.05, 0) is 40.9 Å². The molecule has 0 spiro atoms. The summed E-state index contributed by atoms with van der Waals surface area (Å²) in [7, 11) is 0. The first-order valence-electron chi connectivity index (χ1n) is 4.89. The van der Waals surface area contributed by atoms with Crippen LogP contribution >= 0.6 is 11.3 Å². The van der Waals surface area contributed by atoms with Crippen LogP contribution in [-0.2, 0) is 6.42 Å². The summed E-state index contributed by atoms with van der Waals surface area (Å²) in [6.45, 7) is 0. The van der Waals surface area contributed by atoms with Gasteiger partial charge in [0.15, 0.2) is 0 Å². The van der Waals surface area contributed by atoms with Crippen molar-refractivity contribution in [3.05, 3.63) is 52.2 Å². The van der Waals surface area contributed by atoms with Crippen molar-refractivity contribution in [1.82, 2.24) is 10.4 Å². The molecule has 2 heterocycles. The summed E-state index contributed by atoms with van der Waals surface area (Å²) in [6.07, 6.45) is 2.20. The third-order valence-corrected chi connectivity index (χ3v) is 3.07. The Kier molecular flexibility index (Phi) is 3.61. The van der Waals surface area contributed by atoms with Crippen molar-refractivity contribution in [1.29, 1.82) is 0 Å². The second-order valence-electron chi connectivity index (χ2n) is 3.43. The largest absolute Gasteiger partial charge is 0.271 e. The van der Waals surface area contributed by atoms with E-state index in [0.717, 1.165) is 5.56 Å². The van der Waals surface area contributed by atoms with Crippen molar-refractivity contribution in [2.24, 2.45) is 5.84 Å². The molecule has 3 nitrogen and oxygen atoms in total. The van der Waals surface area contributed by atoms with Gasteiger partial charge in [0.1, 0.15) is 5.82 Å². The molecule has 2 rings (SSSR count). The second kappa shape index (κ2) is 5.16. The van der Waals surface area contributed by atoms with Crippen molar-refractivity contribution >= 4 is 11.3 Å². The summed E-state index contributed by atoms with van der Waals surface area (Å²) in [5, 5.41) is 4.00. The van der Waals surface area contributed by atoms with Gasteiger partial charge in [-0.15, -0.1) is 0 Å². The molecule has 0 amide bonds. The van der Waals surface area contributed by atoms with E-state index in [1.807, 2.05) is 16.8 Å². The molecule has 1 atom stereocenters. The number of halogens is 1. The normalized spacial score (nSPS) is 12.6. The lowest BCUT2D eigenvalue weighted by Crippen LogP contribution is -2.30. The van der Waals surface area contributed by atoms with Crippen LogP contribution in [0.4, 0.5) is 4.39 Å². The van der Waals surface area contributed by atoms with Gasteiger partial charge in [0.05, 0.1) is 11.7 Å². The summed E-state index contributed by atoms with van der Waals surface area (Å²) >= 11 is 1.61. The highest BCUT2D eigenvalue weighted by Crippen LogP contribution is 2.19. The lowest BCUT2D eigenvalue weighted by molar-refractivity contribution is 0.495. The molecule has 0 bridgehead atoms. The molecule has 0 aliphatic heterocycles. The quantitative estimate of drug-likeness (QED) is 0.632. The smallest absolute Gasteiger partial charge is 0.146 e. The number of hydrogen-bond acceptors (Lipinski definition) is 4. The zero-order chi connectivity index (χ0) is 11.4. The lowest BCUT2D eigenvalue weighted by atomic mass is 10.1. The van der Waals surface area contributed by atoms with Crippen LogP contribution in [0, 0.1) is 5.82 Å². The maximum absolute atomic E-state index is 13.5. The fourth-order valence-electron chi connectivity index (χ4n) is 1.53. The van der Waals surface area contributed by atoms with Gasteiger partial charge < -0.3 is 0 Å². The van der Waals surface area contributed by atoms with Gasteiger partial charge in [0.25, 0.3) is 0 Å². The van der Waals surface area contributed by atoms with E-state index >= 15 is 0 Å². The van der Waals surface area contributed by atoms with Gasteiger partial charge in [-0.1, -0.05) is 0 Å². The maximum atomic E-state index is 13.5. The molecule has 84 valence electrons. The summed E-state index contributed by atoms with van der Waals surface area (Å²) in [6, 6.07) is 4.66. The Balaban J connectivity index is 2.20. The van der Waals surface area contributed by atoms with Crippen molar-refractivity contribution in [3.63, 3.8) is 0 Å². The first-order valence-corrected chi connectivity index (χ1v) is 5.83. The highest BCUT2D eigenvalue weighted by atomic mass is 32.1. The van der Waals surface area contributed by atoms with Gasteiger partial charge in [-0.25, -0.2) is 4.39 Å². The SMILES string of the molecule is NNC(Cc1ccsc1)c1ncccc1F. The van der Waals surface area contributed by atoms with E-state index < -0.39 is 0 Å². The molecular weight excluding hydrogens is 225 g/mol. The molecule has 2 aromatic rings. The van der Waals surface area contributed by atoms with Gasteiger partial charge in [0.2, 0.25) is 0 Å². The molecule has 0 aliphatic carbocycles.